The molecule has 1 atom stereocenters. The van der Waals surface area contributed by atoms with Crippen LogP contribution in [0.3, 0.4) is 0 Å². The van der Waals surface area contributed by atoms with Crippen molar-refractivity contribution in [3.8, 4) is 0 Å². The van der Waals surface area contributed by atoms with Crippen LogP contribution in [0, 0.1) is 6.92 Å². The second-order valence-electron chi connectivity index (χ2n) is 3.91. The lowest BCUT2D eigenvalue weighted by atomic mass is 10.3. The van der Waals surface area contributed by atoms with Crippen molar-refractivity contribution < 1.29 is 9.90 Å². The summed E-state index contributed by atoms with van der Waals surface area (Å²) in [6.45, 7) is 3.35. The van der Waals surface area contributed by atoms with E-state index < -0.39 is 6.09 Å². The molecule has 6 heteroatoms. The molecule has 0 bridgehead atoms. The van der Waals surface area contributed by atoms with E-state index in [2.05, 4.69) is 15.5 Å². The van der Waals surface area contributed by atoms with E-state index in [-0.39, 0.29) is 6.04 Å². The van der Waals surface area contributed by atoms with Gasteiger partial charge in [-0.25, -0.2) is 4.79 Å². The Morgan fingerprint density at radius 3 is 3.00 bits per heavy atom. The Bertz CT molecular complexity index is 379. The molecule has 2 heterocycles. The maximum Gasteiger partial charge on any atom is 0.404 e. The van der Waals surface area contributed by atoms with Gasteiger partial charge < -0.3 is 15.3 Å². The summed E-state index contributed by atoms with van der Waals surface area (Å²) in [5.41, 5.74) is 0.878. The highest BCUT2D eigenvalue weighted by atomic mass is 16.4. The Kier molecular flexibility index (Phi) is 2.89. The summed E-state index contributed by atoms with van der Waals surface area (Å²) in [5.74, 6) is 0.806. The molecule has 0 spiro atoms. The third kappa shape index (κ3) is 2.39. The molecule has 1 fully saturated rings. The molecule has 1 aromatic heterocycles. The third-order valence-corrected chi connectivity index (χ3v) is 2.62. The Hall–Kier alpha value is -1.85. The van der Waals surface area contributed by atoms with Crippen molar-refractivity contribution in [2.24, 2.45) is 0 Å². The number of hydrogen-bond acceptors (Lipinski definition) is 4. The zero-order chi connectivity index (χ0) is 11.5. The average Bonchev–Trinajstić information content (AvgIpc) is 2.66. The molecule has 16 heavy (non-hydrogen) atoms. The summed E-state index contributed by atoms with van der Waals surface area (Å²) in [6, 6.07) is 3.80. The number of rotatable bonds is 2. The number of hydrogen-bond donors (Lipinski definition) is 2. The van der Waals surface area contributed by atoms with Gasteiger partial charge in [-0.3, -0.25) is 0 Å². The maximum atomic E-state index is 10.5. The van der Waals surface area contributed by atoms with Crippen molar-refractivity contribution in [2.75, 3.05) is 18.0 Å². The van der Waals surface area contributed by atoms with E-state index >= 15 is 0 Å². The summed E-state index contributed by atoms with van der Waals surface area (Å²) in [4.78, 5) is 12.5. The number of nitrogens with zero attached hydrogens (tertiary/aromatic N) is 3. The Morgan fingerprint density at radius 1 is 1.56 bits per heavy atom. The van der Waals surface area contributed by atoms with E-state index in [0.29, 0.717) is 6.54 Å². The van der Waals surface area contributed by atoms with Crippen LogP contribution < -0.4 is 10.2 Å². The molecule has 0 aliphatic carbocycles. The van der Waals surface area contributed by atoms with Gasteiger partial charge in [-0.2, -0.15) is 5.10 Å². The third-order valence-electron chi connectivity index (χ3n) is 2.62. The van der Waals surface area contributed by atoms with Crippen molar-refractivity contribution in [2.45, 2.75) is 19.4 Å². The molecule has 86 valence electrons. The van der Waals surface area contributed by atoms with Crippen molar-refractivity contribution in [1.82, 2.24) is 15.5 Å². The molecule has 1 aliphatic heterocycles. The highest BCUT2D eigenvalue weighted by molar-refractivity contribution is 5.65. The number of carboxylic acid groups (broad SMARTS) is 1. The lowest BCUT2D eigenvalue weighted by Gasteiger charge is -2.16. The largest absolute Gasteiger partial charge is 0.465 e. The average molecular weight is 222 g/mol. The van der Waals surface area contributed by atoms with E-state index in [1.165, 1.54) is 0 Å². The molecule has 0 radical (unpaired) electrons. The van der Waals surface area contributed by atoms with Crippen LogP contribution in [0.5, 0.6) is 0 Å². The second kappa shape index (κ2) is 4.34. The first-order valence-electron chi connectivity index (χ1n) is 5.20. The normalized spacial score (nSPS) is 19.8. The quantitative estimate of drug-likeness (QED) is 0.767. The molecule has 2 N–H and O–H groups in total. The minimum Gasteiger partial charge on any atom is -0.465 e. The van der Waals surface area contributed by atoms with Crippen LogP contribution in [0.4, 0.5) is 10.6 Å². The van der Waals surface area contributed by atoms with Gasteiger partial charge in [-0.15, -0.1) is 5.10 Å². The van der Waals surface area contributed by atoms with Crippen molar-refractivity contribution in [3.63, 3.8) is 0 Å². The van der Waals surface area contributed by atoms with Gasteiger partial charge in [0.25, 0.3) is 0 Å². The van der Waals surface area contributed by atoms with E-state index in [4.69, 9.17) is 5.11 Å². The van der Waals surface area contributed by atoms with Gasteiger partial charge in [0.15, 0.2) is 5.82 Å². The van der Waals surface area contributed by atoms with Crippen LogP contribution in [-0.2, 0) is 0 Å². The highest BCUT2D eigenvalue weighted by Crippen LogP contribution is 2.17. The summed E-state index contributed by atoms with van der Waals surface area (Å²) in [6.07, 6.45) is -0.163. The van der Waals surface area contributed by atoms with Crippen molar-refractivity contribution in [3.05, 3.63) is 17.8 Å². The Morgan fingerprint density at radius 2 is 2.38 bits per heavy atom. The first-order chi connectivity index (χ1) is 7.65. The summed E-state index contributed by atoms with van der Waals surface area (Å²) < 4.78 is 0. The minimum atomic E-state index is -0.971. The number of carbonyl (C=O) groups is 1. The fourth-order valence-electron chi connectivity index (χ4n) is 1.82. The molecular formula is C10H14N4O2. The van der Waals surface area contributed by atoms with Gasteiger partial charge in [-0.1, -0.05) is 0 Å². The number of anilines is 1. The van der Waals surface area contributed by atoms with Crippen LogP contribution in [0.25, 0.3) is 0 Å². The first kappa shape index (κ1) is 10.7. The van der Waals surface area contributed by atoms with Gasteiger partial charge in [0.2, 0.25) is 0 Å². The number of aromatic nitrogens is 2. The van der Waals surface area contributed by atoms with Crippen LogP contribution in [0.2, 0.25) is 0 Å². The van der Waals surface area contributed by atoms with E-state index in [1.807, 2.05) is 24.0 Å². The topological polar surface area (TPSA) is 78.4 Å². The molecule has 1 amide bonds. The molecule has 1 saturated heterocycles. The fraction of sp³-hybridized carbons (Fsp3) is 0.500. The smallest absolute Gasteiger partial charge is 0.404 e. The molecule has 6 nitrogen and oxygen atoms in total. The van der Waals surface area contributed by atoms with Gasteiger partial charge >= 0.3 is 6.09 Å². The number of amides is 1. The maximum absolute atomic E-state index is 10.5. The Balaban J connectivity index is 1.98. The summed E-state index contributed by atoms with van der Waals surface area (Å²) in [5, 5.41) is 19.1. The van der Waals surface area contributed by atoms with E-state index in [9.17, 15) is 4.79 Å². The SMILES string of the molecule is Cc1ccc(N2CCC(NC(=O)O)C2)nn1. The fourth-order valence-corrected chi connectivity index (χ4v) is 1.82. The van der Waals surface area contributed by atoms with Crippen LogP contribution in [0.1, 0.15) is 12.1 Å². The number of aryl methyl sites for hydroxylation is 1. The predicted molar refractivity (Wildman–Crippen MR) is 58.5 cm³/mol. The molecule has 1 unspecified atom stereocenters. The van der Waals surface area contributed by atoms with Gasteiger partial charge in [-0.05, 0) is 25.5 Å². The van der Waals surface area contributed by atoms with Gasteiger partial charge in [0, 0.05) is 13.1 Å². The van der Waals surface area contributed by atoms with Crippen LogP contribution in [0.15, 0.2) is 12.1 Å². The standard InChI is InChI=1S/C10H14N4O2/c1-7-2-3-9(13-12-7)14-5-4-8(6-14)11-10(15)16/h2-3,8,11H,4-6H2,1H3,(H,15,16). The molecule has 0 saturated carbocycles. The Labute approximate surface area is 93.3 Å². The minimum absolute atomic E-state index is 0.0133. The summed E-state index contributed by atoms with van der Waals surface area (Å²) in [7, 11) is 0. The van der Waals surface area contributed by atoms with Gasteiger partial charge in [0.05, 0.1) is 11.7 Å². The summed E-state index contributed by atoms with van der Waals surface area (Å²) >= 11 is 0. The lowest BCUT2D eigenvalue weighted by molar-refractivity contribution is 0.191. The van der Waals surface area contributed by atoms with E-state index in [0.717, 1.165) is 24.5 Å². The second-order valence-corrected chi connectivity index (χ2v) is 3.91. The lowest BCUT2D eigenvalue weighted by Crippen LogP contribution is -2.36. The molecule has 0 aromatic carbocycles. The molecular weight excluding hydrogens is 208 g/mol. The van der Waals surface area contributed by atoms with Crippen LogP contribution in [-0.4, -0.2) is 40.5 Å². The van der Waals surface area contributed by atoms with Crippen molar-refractivity contribution >= 4 is 11.9 Å². The van der Waals surface area contributed by atoms with Crippen molar-refractivity contribution in [1.29, 1.82) is 0 Å². The van der Waals surface area contributed by atoms with E-state index in [1.54, 1.807) is 0 Å². The highest BCUT2D eigenvalue weighted by Gasteiger charge is 2.24. The molecule has 1 aliphatic rings. The number of nitrogens with one attached hydrogen (secondary N) is 1. The molecule has 1 aromatic rings. The van der Waals surface area contributed by atoms with Gasteiger partial charge in [0.1, 0.15) is 0 Å². The zero-order valence-electron chi connectivity index (χ0n) is 9.05. The van der Waals surface area contributed by atoms with Crippen LogP contribution >= 0.6 is 0 Å². The predicted octanol–water partition coefficient (Wildman–Crippen LogP) is 0.631. The zero-order valence-corrected chi connectivity index (χ0v) is 9.05. The first-order valence-corrected chi connectivity index (χ1v) is 5.20. The molecule has 2 rings (SSSR count). The monoisotopic (exact) mass is 222 g/mol.